The van der Waals surface area contributed by atoms with Crippen LogP contribution in [-0.4, -0.2) is 29.5 Å². The first-order valence-corrected chi connectivity index (χ1v) is 7.30. The number of benzene rings is 1. The fourth-order valence-electron chi connectivity index (χ4n) is 2.31. The molecule has 0 saturated carbocycles. The quantitative estimate of drug-likeness (QED) is 0.511. The first kappa shape index (κ1) is 17.7. The van der Waals surface area contributed by atoms with Crippen molar-refractivity contribution < 1.29 is 14.6 Å². The standard InChI is InChI=1S/C14H21N3O5/c1-4-7-15(8-5-2)14-12(16(18)19)9-11(22-6-3)10-13(14)17(20)21/h9-10H,4-8H2,1-3H3. The number of rotatable bonds is 9. The number of anilines is 1. The fraction of sp³-hybridized carbons (Fsp3) is 0.571. The van der Waals surface area contributed by atoms with E-state index in [-0.39, 0.29) is 29.4 Å². The van der Waals surface area contributed by atoms with Crippen molar-refractivity contribution >= 4 is 17.1 Å². The molecule has 0 aliphatic heterocycles. The van der Waals surface area contributed by atoms with Crippen LogP contribution in [0.1, 0.15) is 33.6 Å². The molecule has 1 aromatic carbocycles. The Hall–Kier alpha value is -2.38. The number of nitrogens with zero attached hydrogens (tertiary/aromatic N) is 3. The van der Waals surface area contributed by atoms with E-state index in [1.807, 2.05) is 13.8 Å². The van der Waals surface area contributed by atoms with Gasteiger partial charge in [0.2, 0.25) is 0 Å². The summed E-state index contributed by atoms with van der Waals surface area (Å²) in [6.45, 7) is 6.88. The summed E-state index contributed by atoms with van der Waals surface area (Å²) in [7, 11) is 0. The second-order valence-electron chi connectivity index (χ2n) is 4.74. The predicted molar refractivity (Wildman–Crippen MR) is 83.7 cm³/mol. The molecule has 0 aromatic heterocycles. The van der Waals surface area contributed by atoms with Crippen LogP contribution in [0.4, 0.5) is 17.1 Å². The number of nitro groups is 2. The monoisotopic (exact) mass is 311 g/mol. The van der Waals surface area contributed by atoms with Gasteiger partial charge in [-0.15, -0.1) is 0 Å². The summed E-state index contributed by atoms with van der Waals surface area (Å²) < 4.78 is 5.21. The third kappa shape index (κ3) is 4.06. The lowest BCUT2D eigenvalue weighted by Gasteiger charge is -2.23. The molecule has 0 bridgehead atoms. The van der Waals surface area contributed by atoms with Gasteiger partial charge in [-0.1, -0.05) is 13.8 Å². The average Bonchev–Trinajstić information content (AvgIpc) is 2.46. The van der Waals surface area contributed by atoms with E-state index in [9.17, 15) is 20.2 Å². The second-order valence-corrected chi connectivity index (χ2v) is 4.74. The van der Waals surface area contributed by atoms with Gasteiger partial charge in [-0.2, -0.15) is 0 Å². The zero-order valence-electron chi connectivity index (χ0n) is 13.1. The molecule has 1 aromatic rings. The van der Waals surface area contributed by atoms with Crippen molar-refractivity contribution in [2.45, 2.75) is 33.6 Å². The summed E-state index contributed by atoms with van der Waals surface area (Å²) in [4.78, 5) is 23.2. The van der Waals surface area contributed by atoms with Gasteiger partial charge >= 0.3 is 11.4 Å². The zero-order chi connectivity index (χ0) is 16.7. The summed E-state index contributed by atoms with van der Waals surface area (Å²) >= 11 is 0. The van der Waals surface area contributed by atoms with Gasteiger partial charge in [0.05, 0.1) is 28.6 Å². The van der Waals surface area contributed by atoms with Crippen LogP contribution >= 0.6 is 0 Å². The van der Waals surface area contributed by atoms with Crippen molar-refractivity contribution in [1.82, 2.24) is 0 Å². The fourth-order valence-corrected chi connectivity index (χ4v) is 2.31. The predicted octanol–water partition coefficient (Wildman–Crippen LogP) is 3.53. The minimum atomic E-state index is -0.594. The van der Waals surface area contributed by atoms with E-state index >= 15 is 0 Å². The van der Waals surface area contributed by atoms with Gasteiger partial charge in [-0.3, -0.25) is 20.2 Å². The molecule has 0 fully saturated rings. The van der Waals surface area contributed by atoms with Crippen molar-refractivity contribution in [3.63, 3.8) is 0 Å². The Bertz CT molecular complexity index is 506. The van der Waals surface area contributed by atoms with Gasteiger partial charge in [0.25, 0.3) is 0 Å². The number of ether oxygens (including phenoxy) is 1. The minimum Gasteiger partial charge on any atom is -0.493 e. The molecule has 0 N–H and O–H groups in total. The van der Waals surface area contributed by atoms with Crippen LogP contribution in [0.3, 0.4) is 0 Å². The maximum Gasteiger partial charge on any atom is 0.303 e. The molecule has 0 heterocycles. The molecular formula is C14H21N3O5. The maximum atomic E-state index is 11.4. The third-order valence-corrected chi connectivity index (χ3v) is 3.05. The summed E-state index contributed by atoms with van der Waals surface area (Å²) in [6.07, 6.45) is 1.48. The summed E-state index contributed by atoms with van der Waals surface area (Å²) in [5.74, 6) is 0.137. The van der Waals surface area contributed by atoms with Crippen LogP contribution in [0.15, 0.2) is 12.1 Å². The van der Waals surface area contributed by atoms with Gasteiger partial charge in [-0.25, -0.2) is 0 Å². The third-order valence-electron chi connectivity index (χ3n) is 3.05. The van der Waals surface area contributed by atoms with E-state index in [4.69, 9.17) is 4.74 Å². The van der Waals surface area contributed by atoms with Gasteiger partial charge in [-0.05, 0) is 19.8 Å². The molecule has 122 valence electrons. The molecule has 22 heavy (non-hydrogen) atoms. The van der Waals surface area contributed by atoms with Crippen molar-refractivity contribution in [3.05, 3.63) is 32.4 Å². The Morgan fingerprint density at radius 1 is 1.00 bits per heavy atom. The smallest absolute Gasteiger partial charge is 0.303 e. The van der Waals surface area contributed by atoms with Crippen molar-refractivity contribution in [2.24, 2.45) is 0 Å². The first-order chi connectivity index (χ1) is 10.5. The molecule has 0 aliphatic carbocycles. The van der Waals surface area contributed by atoms with Crippen molar-refractivity contribution in [1.29, 1.82) is 0 Å². The lowest BCUT2D eigenvalue weighted by molar-refractivity contribution is -0.392. The molecule has 0 unspecified atom stereocenters. The molecule has 8 nitrogen and oxygen atoms in total. The highest BCUT2D eigenvalue weighted by molar-refractivity contribution is 5.77. The molecule has 0 aliphatic rings. The Labute approximate surface area is 129 Å². The highest BCUT2D eigenvalue weighted by Gasteiger charge is 2.31. The molecule has 1 rings (SSSR count). The summed E-state index contributed by atoms with van der Waals surface area (Å²) in [5, 5.41) is 22.7. The Morgan fingerprint density at radius 2 is 1.45 bits per heavy atom. The highest BCUT2D eigenvalue weighted by Crippen LogP contribution is 2.41. The number of hydrogen-bond donors (Lipinski definition) is 0. The molecule has 8 heteroatoms. The average molecular weight is 311 g/mol. The Balaban J connectivity index is 3.55. The van der Waals surface area contributed by atoms with E-state index in [0.717, 1.165) is 12.8 Å². The zero-order valence-corrected chi connectivity index (χ0v) is 13.1. The van der Waals surface area contributed by atoms with Crippen LogP contribution in [0.2, 0.25) is 0 Å². The summed E-state index contributed by atoms with van der Waals surface area (Å²) in [6, 6.07) is 2.51. The van der Waals surface area contributed by atoms with E-state index in [0.29, 0.717) is 13.1 Å². The number of hydrogen-bond acceptors (Lipinski definition) is 6. The number of nitro benzene ring substituents is 2. The summed E-state index contributed by atoms with van der Waals surface area (Å²) in [5.41, 5.74) is -0.527. The Kier molecular flexibility index (Phi) is 6.55. The molecule has 0 saturated heterocycles. The largest absolute Gasteiger partial charge is 0.493 e. The van der Waals surface area contributed by atoms with Crippen LogP contribution in [0.5, 0.6) is 5.75 Å². The normalized spacial score (nSPS) is 10.3. The molecule has 0 atom stereocenters. The lowest BCUT2D eigenvalue weighted by Crippen LogP contribution is -2.26. The van der Waals surface area contributed by atoms with Crippen molar-refractivity contribution in [2.75, 3.05) is 24.6 Å². The van der Waals surface area contributed by atoms with Crippen LogP contribution in [0.25, 0.3) is 0 Å². The lowest BCUT2D eigenvalue weighted by atomic mass is 10.1. The van der Waals surface area contributed by atoms with Crippen LogP contribution in [0, 0.1) is 20.2 Å². The van der Waals surface area contributed by atoms with Crippen molar-refractivity contribution in [3.8, 4) is 5.75 Å². The SMILES string of the molecule is CCCN(CCC)c1c([N+](=O)[O-])cc(OCC)cc1[N+](=O)[O-]. The van der Waals surface area contributed by atoms with Crippen LogP contribution in [-0.2, 0) is 0 Å². The molecule has 0 radical (unpaired) electrons. The molecule has 0 amide bonds. The van der Waals surface area contributed by atoms with E-state index in [1.165, 1.54) is 12.1 Å². The van der Waals surface area contributed by atoms with Crippen LogP contribution < -0.4 is 9.64 Å². The van der Waals surface area contributed by atoms with Gasteiger partial charge < -0.3 is 9.64 Å². The van der Waals surface area contributed by atoms with Gasteiger partial charge in [0.15, 0.2) is 5.69 Å². The second kappa shape index (κ2) is 8.16. The van der Waals surface area contributed by atoms with Gasteiger partial charge in [0, 0.05) is 13.1 Å². The first-order valence-electron chi connectivity index (χ1n) is 7.30. The van der Waals surface area contributed by atoms with E-state index in [2.05, 4.69) is 0 Å². The molecular weight excluding hydrogens is 290 g/mol. The molecule has 0 spiro atoms. The van der Waals surface area contributed by atoms with E-state index < -0.39 is 9.85 Å². The highest BCUT2D eigenvalue weighted by atomic mass is 16.6. The minimum absolute atomic E-state index is 0.0575. The topological polar surface area (TPSA) is 98.8 Å². The van der Waals surface area contributed by atoms with Gasteiger partial charge in [0.1, 0.15) is 5.75 Å². The maximum absolute atomic E-state index is 11.4. The van der Waals surface area contributed by atoms with E-state index in [1.54, 1.807) is 11.8 Å². The Morgan fingerprint density at radius 3 is 1.77 bits per heavy atom.